The number of carbonyl (C=O) groups excluding carboxylic acids is 1. The van der Waals surface area contributed by atoms with E-state index in [1.807, 2.05) is 0 Å². The van der Waals surface area contributed by atoms with E-state index in [0.717, 1.165) is 12.8 Å². The van der Waals surface area contributed by atoms with E-state index >= 15 is 0 Å². The molecule has 0 aromatic rings. The number of amides is 1. The molecule has 1 rings (SSSR count). The maximum atomic E-state index is 13.1. The summed E-state index contributed by atoms with van der Waals surface area (Å²) in [6.07, 6.45) is 1.52. The van der Waals surface area contributed by atoms with Crippen LogP contribution in [0.5, 0.6) is 0 Å². The van der Waals surface area contributed by atoms with Crippen LogP contribution in [-0.2, 0) is 9.59 Å². The number of alkyl halides is 1. The van der Waals surface area contributed by atoms with Gasteiger partial charge in [0.2, 0.25) is 5.91 Å². The summed E-state index contributed by atoms with van der Waals surface area (Å²) in [4.78, 5) is 22.1. The van der Waals surface area contributed by atoms with E-state index in [0.29, 0.717) is 19.4 Å². The zero-order valence-corrected chi connectivity index (χ0v) is 10.1. The van der Waals surface area contributed by atoms with Crippen molar-refractivity contribution in [2.24, 2.45) is 11.8 Å². The van der Waals surface area contributed by atoms with Gasteiger partial charge in [-0.1, -0.05) is 6.92 Å². The summed E-state index contributed by atoms with van der Waals surface area (Å²) in [5.41, 5.74) is 0. The number of rotatable bonds is 5. The van der Waals surface area contributed by atoms with Crippen molar-refractivity contribution in [1.29, 1.82) is 0 Å². The zero-order valence-electron chi connectivity index (χ0n) is 10.1. The highest BCUT2D eigenvalue weighted by Gasteiger charge is 2.27. The molecule has 4 nitrogen and oxygen atoms in total. The minimum absolute atomic E-state index is 0.0384. The van der Waals surface area contributed by atoms with E-state index < -0.39 is 12.1 Å². The van der Waals surface area contributed by atoms with Gasteiger partial charge in [0.15, 0.2) is 0 Å². The van der Waals surface area contributed by atoms with Gasteiger partial charge in [-0.15, -0.1) is 0 Å². The third-order valence-corrected chi connectivity index (χ3v) is 3.13. The Morgan fingerprint density at radius 1 is 1.47 bits per heavy atom. The molecule has 1 aliphatic rings. The molecule has 0 aliphatic heterocycles. The molecule has 98 valence electrons. The predicted molar refractivity (Wildman–Crippen MR) is 61.3 cm³/mol. The molecule has 17 heavy (non-hydrogen) atoms. The molecule has 0 aromatic heterocycles. The Morgan fingerprint density at radius 3 is 2.76 bits per heavy atom. The lowest BCUT2D eigenvalue weighted by Crippen LogP contribution is -2.36. The van der Waals surface area contributed by atoms with Gasteiger partial charge in [0.25, 0.3) is 0 Å². The highest BCUT2D eigenvalue weighted by Crippen LogP contribution is 2.26. The smallest absolute Gasteiger partial charge is 0.303 e. The minimum Gasteiger partial charge on any atom is -0.481 e. The number of hydrogen-bond acceptors (Lipinski definition) is 2. The number of carboxylic acids is 1. The third kappa shape index (κ3) is 5.15. The second-order valence-corrected chi connectivity index (χ2v) is 4.91. The maximum absolute atomic E-state index is 13.1. The Morgan fingerprint density at radius 2 is 2.18 bits per heavy atom. The topological polar surface area (TPSA) is 66.4 Å². The Hall–Kier alpha value is -1.13. The number of halogens is 1. The van der Waals surface area contributed by atoms with Gasteiger partial charge in [0.1, 0.15) is 6.17 Å². The summed E-state index contributed by atoms with van der Waals surface area (Å²) >= 11 is 0. The van der Waals surface area contributed by atoms with E-state index in [9.17, 15) is 14.0 Å². The van der Waals surface area contributed by atoms with Crippen molar-refractivity contribution < 1.29 is 19.1 Å². The quantitative estimate of drug-likeness (QED) is 0.775. The number of carbonyl (C=O) groups is 2. The molecular formula is C12H20FNO3. The predicted octanol–water partition coefficient (Wildman–Crippen LogP) is 1.74. The molecule has 1 aliphatic carbocycles. The molecule has 3 unspecified atom stereocenters. The molecule has 0 radical (unpaired) electrons. The van der Waals surface area contributed by atoms with Crippen LogP contribution in [0.2, 0.25) is 0 Å². The fourth-order valence-corrected chi connectivity index (χ4v) is 2.16. The van der Waals surface area contributed by atoms with Crippen LogP contribution in [-0.4, -0.2) is 29.7 Å². The SMILES string of the molecule is CC(CNC(=O)C1CCCC(F)C1)CC(=O)O. The van der Waals surface area contributed by atoms with Crippen LogP contribution in [0.3, 0.4) is 0 Å². The summed E-state index contributed by atoms with van der Waals surface area (Å²) in [6, 6.07) is 0. The van der Waals surface area contributed by atoms with Gasteiger partial charge in [-0.3, -0.25) is 9.59 Å². The number of nitrogens with one attached hydrogen (secondary N) is 1. The van der Waals surface area contributed by atoms with Crippen molar-refractivity contribution in [1.82, 2.24) is 5.32 Å². The van der Waals surface area contributed by atoms with Crippen molar-refractivity contribution in [3.8, 4) is 0 Å². The van der Waals surface area contributed by atoms with E-state index in [2.05, 4.69) is 5.32 Å². The van der Waals surface area contributed by atoms with E-state index in [-0.39, 0.29) is 24.2 Å². The monoisotopic (exact) mass is 245 g/mol. The van der Waals surface area contributed by atoms with Gasteiger partial charge < -0.3 is 10.4 Å². The molecule has 0 bridgehead atoms. The Bertz CT molecular complexity index is 283. The molecule has 3 atom stereocenters. The molecule has 0 saturated heterocycles. The minimum atomic E-state index is -0.867. The molecular weight excluding hydrogens is 225 g/mol. The van der Waals surface area contributed by atoms with Gasteiger partial charge in [-0.05, 0) is 31.6 Å². The lowest BCUT2D eigenvalue weighted by atomic mass is 9.87. The van der Waals surface area contributed by atoms with Crippen molar-refractivity contribution in [2.45, 2.75) is 45.2 Å². The second-order valence-electron chi connectivity index (χ2n) is 4.91. The van der Waals surface area contributed by atoms with Crippen LogP contribution in [0.25, 0.3) is 0 Å². The summed E-state index contributed by atoms with van der Waals surface area (Å²) in [6.45, 7) is 2.12. The first-order chi connectivity index (χ1) is 7.99. The van der Waals surface area contributed by atoms with Crippen LogP contribution in [0.1, 0.15) is 39.0 Å². The highest BCUT2D eigenvalue weighted by molar-refractivity contribution is 5.78. The summed E-state index contributed by atoms with van der Waals surface area (Å²) < 4.78 is 13.1. The fraction of sp³-hybridized carbons (Fsp3) is 0.833. The largest absolute Gasteiger partial charge is 0.481 e. The number of aliphatic carboxylic acids is 1. The van der Waals surface area contributed by atoms with Crippen molar-refractivity contribution in [2.75, 3.05) is 6.54 Å². The lowest BCUT2D eigenvalue weighted by Gasteiger charge is -2.24. The van der Waals surface area contributed by atoms with E-state index in [1.54, 1.807) is 6.92 Å². The molecule has 0 aromatic carbocycles. The molecule has 2 N–H and O–H groups in total. The van der Waals surface area contributed by atoms with Gasteiger partial charge in [-0.25, -0.2) is 4.39 Å². The Labute approximate surface area is 101 Å². The van der Waals surface area contributed by atoms with E-state index in [4.69, 9.17) is 5.11 Å². The van der Waals surface area contributed by atoms with Gasteiger partial charge in [-0.2, -0.15) is 0 Å². The molecule has 1 amide bonds. The first-order valence-electron chi connectivity index (χ1n) is 6.12. The molecule has 0 spiro atoms. The van der Waals surface area contributed by atoms with Crippen LogP contribution in [0, 0.1) is 11.8 Å². The molecule has 1 saturated carbocycles. The Balaban J connectivity index is 2.26. The van der Waals surface area contributed by atoms with E-state index in [1.165, 1.54) is 0 Å². The van der Waals surface area contributed by atoms with Gasteiger partial charge in [0.05, 0.1) is 0 Å². The van der Waals surface area contributed by atoms with Gasteiger partial charge in [0, 0.05) is 18.9 Å². The molecule has 1 fully saturated rings. The van der Waals surface area contributed by atoms with Gasteiger partial charge >= 0.3 is 5.97 Å². The number of carboxylic acid groups (broad SMARTS) is 1. The highest BCUT2D eigenvalue weighted by atomic mass is 19.1. The summed E-state index contributed by atoms with van der Waals surface area (Å²) in [7, 11) is 0. The van der Waals surface area contributed by atoms with Crippen LogP contribution < -0.4 is 5.32 Å². The average molecular weight is 245 g/mol. The second kappa shape index (κ2) is 6.57. The first-order valence-corrected chi connectivity index (χ1v) is 6.12. The van der Waals surface area contributed by atoms with Crippen LogP contribution in [0.4, 0.5) is 4.39 Å². The maximum Gasteiger partial charge on any atom is 0.303 e. The average Bonchev–Trinajstić information content (AvgIpc) is 2.25. The molecule has 0 heterocycles. The fourth-order valence-electron chi connectivity index (χ4n) is 2.16. The summed E-state index contributed by atoms with van der Waals surface area (Å²) in [5.74, 6) is -1.34. The first kappa shape index (κ1) is 13.9. The Kier molecular flexibility index (Phi) is 5.38. The lowest BCUT2D eigenvalue weighted by molar-refractivity contribution is -0.138. The van der Waals surface area contributed by atoms with Crippen LogP contribution in [0.15, 0.2) is 0 Å². The zero-order chi connectivity index (χ0) is 12.8. The third-order valence-electron chi connectivity index (χ3n) is 3.13. The normalized spacial score (nSPS) is 26.2. The standard InChI is InChI=1S/C12H20FNO3/c1-8(5-11(15)16)7-14-12(17)9-3-2-4-10(13)6-9/h8-10H,2-7H2,1H3,(H,14,17)(H,15,16). The van der Waals surface area contributed by atoms with Crippen molar-refractivity contribution in [3.05, 3.63) is 0 Å². The van der Waals surface area contributed by atoms with Crippen molar-refractivity contribution >= 4 is 11.9 Å². The summed E-state index contributed by atoms with van der Waals surface area (Å²) in [5, 5.41) is 11.3. The van der Waals surface area contributed by atoms with Crippen molar-refractivity contribution in [3.63, 3.8) is 0 Å². The molecule has 5 heteroatoms. The van der Waals surface area contributed by atoms with Crippen LogP contribution >= 0.6 is 0 Å². The number of hydrogen-bond donors (Lipinski definition) is 2.